The van der Waals surface area contributed by atoms with Crippen LogP contribution in [0.15, 0.2) is 0 Å². The van der Waals surface area contributed by atoms with Gasteiger partial charge in [0.25, 0.3) is 0 Å². The molecule has 0 spiro atoms. The summed E-state index contributed by atoms with van der Waals surface area (Å²) in [4.78, 5) is 30.0. The predicted molar refractivity (Wildman–Crippen MR) is 126 cm³/mol. The zero-order chi connectivity index (χ0) is 21.5. The zero-order valence-corrected chi connectivity index (χ0v) is 20.1. The minimum absolute atomic E-state index is 0.250. The van der Waals surface area contributed by atoms with Gasteiger partial charge in [-0.15, -0.1) is 11.3 Å². The molecule has 1 atom stereocenters. The van der Waals surface area contributed by atoms with Gasteiger partial charge in [-0.2, -0.15) is 0 Å². The lowest BCUT2D eigenvalue weighted by atomic mass is 9.94. The first-order valence-corrected chi connectivity index (χ1v) is 12.5. The Labute approximate surface area is 184 Å². The Hall–Kier alpha value is -1.69. The highest BCUT2D eigenvalue weighted by Gasteiger charge is 2.31. The number of piperazine rings is 1. The van der Waals surface area contributed by atoms with Crippen molar-refractivity contribution >= 4 is 33.3 Å². The molecule has 0 unspecified atom stereocenters. The Morgan fingerprint density at radius 1 is 1.07 bits per heavy atom. The van der Waals surface area contributed by atoms with Crippen LogP contribution in [-0.2, 0) is 17.6 Å². The molecular formula is C24H36N4OS. The number of aryl methyl sites for hydroxylation is 2. The number of fused-ring (bicyclic) bond motifs is 3. The van der Waals surface area contributed by atoms with Crippen LogP contribution in [0.5, 0.6) is 0 Å². The Bertz CT molecular complexity index is 921. The van der Waals surface area contributed by atoms with E-state index in [2.05, 4.69) is 18.7 Å². The molecule has 6 heteroatoms. The van der Waals surface area contributed by atoms with Gasteiger partial charge in [-0.3, -0.25) is 4.79 Å². The van der Waals surface area contributed by atoms with Crippen molar-refractivity contribution in [2.45, 2.75) is 79.1 Å². The summed E-state index contributed by atoms with van der Waals surface area (Å²) in [6.07, 6.45) is 7.24. The van der Waals surface area contributed by atoms with Crippen LogP contribution in [0.1, 0.15) is 82.5 Å². The predicted octanol–water partition coefficient (Wildman–Crippen LogP) is 5.17. The van der Waals surface area contributed by atoms with Gasteiger partial charge in [0.1, 0.15) is 16.5 Å². The SMILES string of the molecule is CC[C@@H](C)c1nc(N2CCN(C(=O)C(C)(C)C)CC2)c2c3c(sc2n1)CCCCC3. The van der Waals surface area contributed by atoms with Crippen LogP contribution in [-0.4, -0.2) is 47.0 Å². The van der Waals surface area contributed by atoms with Crippen LogP contribution in [0.25, 0.3) is 10.2 Å². The molecule has 164 valence electrons. The summed E-state index contributed by atoms with van der Waals surface area (Å²) in [5.41, 5.74) is 1.19. The minimum atomic E-state index is -0.321. The molecule has 3 heterocycles. The molecule has 1 aliphatic heterocycles. The van der Waals surface area contributed by atoms with E-state index in [9.17, 15) is 4.79 Å². The number of carbonyl (C=O) groups is 1. The van der Waals surface area contributed by atoms with Crippen LogP contribution >= 0.6 is 11.3 Å². The highest BCUT2D eigenvalue weighted by Crippen LogP contribution is 2.40. The molecule has 4 rings (SSSR count). The molecule has 0 aromatic carbocycles. The van der Waals surface area contributed by atoms with Crippen LogP contribution in [0.2, 0.25) is 0 Å². The van der Waals surface area contributed by atoms with E-state index in [1.165, 1.54) is 46.3 Å². The largest absolute Gasteiger partial charge is 0.352 e. The van der Waals surface area contributed by atoms with Gasteiger partial charge in [0.15, 0.2) is 0 Å². The Morgan fingerprint density at radius 3 is 2.43 bits per heavy atom. The van der Waals surface area contributed by atoms with Gasteiger partial charge < -0.3 is 9.80 Å². The molecule has 0 bridgehead atoms. The molecule has 2 aromatic heterocycles. The third-order valence-corrected chi connectivity index (χ3v) is 7.81. The number of rotatable bonds is 3. The average Bonchev–Trinajstić information content (AvgIpc) is 2.92. The Kier molecular flexibility index (Phi) is 6.06. The molecule has 2 aromatic rings. The van der Waals surface area contributed by atoms with Crippen molar-refractivity contribution < 1.29 is 4.79 Å². The summed E-state index contributed by atoms with van der Waals surface area (Å²) >= 11 is 1.90. The minimum Gasteiger partial charge on any atom is -0.352 e. The third kappa shape index (κ3) is 4.08. The van der Waals surface area contributed by atoms with E-state index in [0.717, 1.165) is 50.7 Å². The fourth-order valence-electron chi connectivity index (χ4n) is 4.56. The van der Waals surface area contributed by atoms with Crippen molar-refractivity contribution in [1.82, 2.24) is 14.9 Å². The molecule has 0 saturated carbocycles. The van der Waals surface area contributed by atoms with Gasteiger partial charge in [-0.25, -0.2) is 9.97 Å². The lowest BCUT2D eigenvalue weighted by Gasteiger charge is -2.38. The normalized spacial score (nSPS) is 19.0. The monoisotopic (exact) mass is 428 g/mol. The third-order valence-electron chi connectivity index (χ3n) is 6.62. The van der Waals surface area contributed by atoms with E-state index in [1.54, 1.807) is 0 Å². The molecule has 0 N–H and O–H groups in total. The molecule has 1 saturated heterocycles. The zero-order valence-electron chi connectivity index (χ0n) is 19.3. The molecule has 1 aliphatic carbocycles. The second kappa shape index (κ2) is 8.45. The van der Waals surface area contributed by atoms with Gasteiger partial charge in [0.2, 0.25) is 5.91 Å². The summed E-state index contributed by atoms with van der Waals surface area (Å²) in [5, 5.41) is 1.31. The summed E-state index contributed by atoms with van der Waals surface area (Å²) in [6, 6.07) is 0. The van der Waals surface area contributed by atoms with E-state index >= 15 is 0 Å². The first kappa shape index (κ1) is 21.5. The molecule has 5 nitrogen and oxygen atoms in total. The molecule has 30 heavy (non-hydrogen) atoms. The number of carbonyl (C=O) groups excluding carboxylic acids is 1. The van der Waals surface area contributed by atoms with E-state index in [1.807, 2.05) is 37.0 Å². The molecular weight excluding hydrogens is 392 g/mol. The Morgan fingerprint density at radius 2 is 1.77 bits per heavy atom. The van der Waals surface area contributed by atoms with E-state index in [0.29, 0.717) is 5.92 Å². The number of nitrogens with zero attached hydrogens (tertiary/aromatic N) is 4. The van der Waals surface area contributed by atoms with Crippen LogP contribution < -0.4 is 4.90 Å². The van der Waals surface area contributed by atoms with Gasteiger partial charge >= 0.3 is 0 Å². The number of aromatic nitrogens is 2. The number of amides is 1. The first-order chi connectivity index (χ1) is 14.3. The second-order valence-electron chi connectivity index (χ2n) is 9.99. The maximum Gasteiger partial charge on any atom is 0.228 e. The highest BCUT2D eigenvalue weighted by atomic mass is 32.1. The number of hydrogen-bond acceptors (Lipinski definition) is 5. The smallest absolute Gasteiger partial charge is 0.228 e. The second-order valence-corrected chi connectivity index (χ2v) is 11.1. The van der Waals surface area contributed by atoms with E-state index < -0.39 is 0 Å². The van der Waals surface area contributed by atoms with Gasteiger partial charge in [0.05, 0.1) is 5.39 Å². The van der Waals surface area contributed by atoms with E-state index in [4.69, 9.17) is 9.97 Å². The quantitative estimate of drug-likeness (QED) is 0.633. The first-order valence-electron chi connectivity index (χ1n) is 11.7. The maximum atomic E-state index is 12.7. The summed E-state index contributed by atoms with van der Waals surface area (Å²) in [5.74, 6) is 2.71. The number of anilines is 1. The van der Waals surface area contributed by atoms with Gasteiger partial charge in [-0.1, -0.05) is 41.0 Å². The van der Waals surface area contributed by atoms with Crippen molar-refractivity contribution in [3.05, 3.63) is 16.3 Å². The van der Waals surface area contributed by atoms with Gasteiger partial charge in [0, 0.05) is 42.4 Å². The Balaban J connectivity index is 1.70. The van der Waals surface area contributed by atoms with Gasteiger partial charge in [-0.05, 0) is 37.7 Å². The average molecular weight is 429 g/mol. The molecule has 2 aliphatic rings. The van der Waals surface area contributed by atoms with Crippen molar-refractivity contribution in [3.8, 4) is 0 Å². The molecule has 1 amide bonds. The fraction of sp³-hybridized carbons (Fsp3) is 0.708. The number of thiophene rings is 1. The standard InChI is InChI=1S/C24H36N4OS/c1-6-16(2)20-25-21(27-12-14-28(15-13-27)23(29)24(3,4)5)19-17-10-8-7-9-11-18(17)30-22(19)26-20/h16H,6-15H2,1-5H3/t16-/m1/s1. The van der Waals surface area contributed by atoms with Crippen LogP contribution in [0.4, 0.5) is 5.82 Å². The lowest BCUT2D eigenvalue weighted by molar-refractivity contribution is -0.139. The molecule has 0 radical (unpaired) electrons. The lowest BCUT2D eigenvalue weighted by Crippen LogP contribution is -2.52. The topological polar surface area (TPSA) is 49.3 Å². The van der Waals surface area contributed by atoms with Crippen LogP contribution in [0, 0.1) is 5.41 Å². The fourth-order valence-corrected chi connectivity index (χ4v) is 5.82. The van der Waals surface area contributed by atoms with Crippen molar-refractivity contribution in [3.63, 3.8) is 0 Å². The summed E-state index contributed by atoms with van der Waals surface area (Å²) < 4.78 is 0. The van der Waals surface area contributed by atoms with Crippen molar-refractivity contribution in [2.75, 3.05) is 31.1 Å². The maximum absolute atomic E-state index is 12.7. The summed E-state index contributed by atoms with van der Waals surface area (Å²) in [6.45, 7) is 13.7. The van der Waals surface area contributed by atoms with Crippen molar-refractivity contribution in [2.24, 2.45) is 5.41 Å². The molecule has 1 fully saturated rings. The van der Waals surface area contributed by atoms with Crippen LogP contribution in [0.3, 0.4) is 0 Å². The number of hydrogen-bond donors (Lipinski definition) is 0. The summed E-state index contributed by atoms with van der Waals surface area (Å²) in [7, 11) is 0. The van der Waals surface area contributed by atoms with E-state index in [-0.39, 0.29) is 11.3 Å². The highest BCUT2D eigenvalue weighted by molar-refractivity contribution is 7.19. The van der Waals surface area contributed by atoms with Crippen molar-refractivity contribution in [1.29, 1.82) is 0 Å².